The maximum absolute atomic E-state index is 8.33. The van der Waals surface area contributed by atoms with Gasteiger partial charge in [-0.3, -0.25) is 10.2 Å². The van der Waals surface area contributed by atoms with Gasteiger partial charge in [0.15, 0.2) is 11.6 Å². The minimum Gasteiger partial charge on any atom is -0.652 e. The molecule has 4 N–H and O–H groups in total. The van der Waals surface area contributed by atoms with Gasteiger partial charge in [0.25, 0.3) is 0 Å². The predicted molar refractivity (Wildman–Crippen MR) is 137 cm³/mol. The van der Waals surface area contributed by atoms with Gasteiger partial charge < -0.3 is 25.6 Å². The maximum Gasteiger partial charge on any atom is 1.00 e. The zero-order chi connectivity index (χ0) is 27.2. The minimum absolute atomic E-state index is 0. The van der Waals surface area contributed by atoms with Gasteiger partial charge in [-0.05, 0) is 68.9 Å². The number of aryl methyl sites for hydroxylation is 2. The van der Waals surface area contributed by atoms with Crippen LogP contribution in [-0.4, -0.2) is 46.5 Å². The van der Waals surface area contributed by atoms with E-state index >= 15 is 0 Å². The molecule has 4 heterocycles. The van der Waals surface area contributed by atoms with Crippen LogP contribution in [0.1, 0.15) is 60.3 Å². The number of aromatic amines is 2. The molecule has 0 bridgehead atoms. The Kier molecular flexibility index (Phi) is 13.6. The van der Waals surface area contributed by atoms with E-state index in [0.29, 0.717) is 23.5 Å². The molecule has 2 saturated carbocycles. The summed E-state index contributed by atoms with van der Waals surface area (Å²) in [7, 11) is 0. The molecule has 0 unspecified atom stereocenters. The van der Waals surface area contributed by atoms with Crippen molar-refractivity contribution in [3.05, 3.63) is 57.6 Å². The maximum atomic E-state index is 8.33. The summed E-state index contributed by atoms with van der Waals surface area (Å²) in [6, 6.07) is 7.70. The molecule has 13 nitrogen and oxygen atoms in total. The standard InChI is InChI=1S/2C11H12ClN5.CH2O3.2Na/c2*1-6-4-9(15-11(12)13-6)14-10-5-8(16-17-10)7-2-3-7;2-1(3)4;;/h2*4-5,7H,2-3H2,1H3,(H2,13,14,15,16,17);(H2,2,3,4);;/q;;;2*+1/p-2. The van der Waals surface area contributed by atoms with Crippen LogP contribution in [0, 0.1) is 13.8 Å². The van der Waals surface area contributed by atoms with Gasteiger partial charge >= 0.3 is 59.1 Å². The van der Waals surface area contributed by atoms with Crippen molar-refractivity contribution in [2.75, 3.05) is 10.6 Å². The van der Waals surface area contributed by atoms with Gasteiger partial charge in [0.05, 0.1) is 0 Å². The number of aromatic nitrogens is 8. The van der Waals surface area contributed by atoms with E-state index in [-0.39, 0.29) is 69.7 Å². The molecule has 0 saturated heterocycles. The smallest absolute Gasteiger partial charge is 0.652 e. The second kappa shape index (κ2) is 15.9. The number of halogens is 2. The number of nitrogens with one attached hydrogen (secondary N) is 4. The molecule has 0 spiro atoms. The van der Waals surface area contributed by atoms with Gasteiger partial charge in [-0.2, -0.15) is 10.2 Å². The quantitative estimate of drug-likeness (QED) is 0.130. The van der Waals surface area contributed by atoms with Crippen LogP contribution in [0.3, 0.4) is 0 Å². The molecule has 40 heavy (non-hydrogen) atoms. The van der Waals surface area contributed by atoms with Crippen molar-refractivity contribution in [2.45, 2.75) is 51.4 Å². The van der Waals surface area contributed by atoms with Crippen LogP contribution in [0.2, 0.25) is 10.6 Å². The fourth-order valence-corrected chi connectivity index (χ4v) is 3.91. The Labute approximate surface area is 284 Å². The molecule has 2 aliphatic rings. The number of carbonyl (C=O) groups is 1. The van der Waals surface area contributed by atoms with Crippen molar-refractivity contribution < 1.29 is 74.1 Å². The number of hydrogen-bond donors (Lipinski definition) is 4. The molecule has 0 aliphatic heterocycles. The third-order valence-electron chi connectivity index (χ3n) is 5.40. The predicted octanol–water partition coefficient (Wildman–Crippen LogP) is -2.87. The minimum atomic E-state index is -2.33. The second-order valence-electron chi connectivity index (χ2n) is 8.79. The Morgan fingerprint density at radius 1 is 0.725 bits per heavy atom. The molecule has 0 aromatic carbocycles. The summed E-state index contributed by atoms with van der Waals surface area (Å²) in [6.45, 7) is 3.75. The molecule has 4 aromatic rings. The molecule has 0 atom stereocenters. The monoisotopic (exact) mass is 604 g/mol. The van der Waals surface area contributed by atoms with Gasteiger partial charge in [-0.15, -0.1) is 0 Å². The molecule has 0 amide bonds. The van der Waals surface area contributed by atoms with E-state index in [2.05, 4.69) is 51.0 Å². The number of carbonyl (C=O) groups excluding carboxylic acids is 1. The van der Waals surface area contributed by atoms with E-state index in [1.54, 1.807) is 0 Å². The zero-order valence-electron chi connectivity index (χ0n) is 22.5. The summed E-state index contributed by atoms with van der Waals surface area (Å²) in [4.78, 5) is 24.5. The molecule has 2 aliphatic carbocycles. The van der Waals surface area contributed by atoms with E-state index in [4.69, 9.17) is 38.2 Å². The van der Waals surface area contributed by atoms with Crippen molar-refractivity contribution in [2.24, 2.45) is 0 Å². The molecule has 4 aromatic heterocycles. The van der Waals surface area contributed by atoms with Crippen LogP contribution >= 0.6 is 23.2 Å². The Morgan fingerprint density at radius 3 is 1.38 bits per heavy atom. The van der Waals surface area contributed by atoms with Crippen molar-refractivity contribution in [1.29, 1.82) is 0 Å². The number of carboxylic acid groups (broad SMARTS) is 2. The molecule has 17 heteroatoms. The van der Waals surface area contributed by atoms with Crippen molar-refractivity contribution in [3.63, 3.8) is 0 Å². The summed E-state index contributed by atoms with van der Waals surface area (Å²) in [5, 5.41) is 37.8. The summed E-state index contributed by atoms with van der Waals surface area (Å²) >= 11 is 11.6. The molecule has 6 rings (SSSR count). The first-order valence-electron chi connectivity index (χ1n) is 11.7. The fourth-order valence-electron chi connectivity index (χ4n) is 3.46. The van der Waals surface area contributed by atoms with Gasteiger partial charge in [-0.25, -0.2) is 19.9 Å². The van der Waals surface area contributed by atoms with E-state index < -0.39 is 6.16 Å². The average molecular weight is 605 g/mol. The Hall–Kier alpha value is -1.97. The topological polar surface area (TPSA) is 196 Å². The summed E-state index contributed by atoms with van der Waals surface area (Å²) in [6.07, 6.45) is 2.67. The van der Waals surface area contributed by atoms with E-state index in [1.165, 1.54) is 37.1 Å². The molecular weight excluding hydrogens is 581 g/mol. The Morgan fingerprint density at radius 2 is 1.07 bits per heavy atom. The third kappa shape index (κ3) is 11.5. The van der Waals surface area contributed by atoms with Crippen LogP contribution in [0.15, 0.2) is 24.3 Å². The SMILES string of the molecule is Cc1cc(Nc2cc(C3CC3)[nH]n2)nc(Cl)n1.Cc1cc(Nc2cc(C3CC3)[nH]n2)nc(Cl)n1.O=C([O-])[O-].[Na+].[Na+]. The van der Waals surface area contributed by atoms with Crippen LogP contribution in [0.4, 0.5) is 28.1 Å². The first kappa shape index (κ1) is 34.2. The summed E-state index contributed by atoms with van der Waals surface area (Å²) in [5.74, 6) is 4.18. The largest absolute Gasteiger partial charge is 1.00 e. The van der Waals surface area contributed by atoms with Crippen molar-refractivity contribution in [1.82, 2.24) is 40.3 Å². The fraction of sp³-hybridized carbons (Fsp3) is 0.348. The molecular formula is C23H24Cl2N10Na2O3. The normalized spacial score (nSPS) is 13.3. The van der Waals surface area contributed by atoms with Crippen LogP contribution in [-0.2, 0) is 0 Å². The number of nitrogens with zero attached hydrogens (tertiary/aromatic N) is 6. The molecule has 0 radical (unpaired) electrons. The Bertz CT molecular complexity index is 1270. The number of H-pyrrole nitrogens is 2. The number of rotatable bonds is 6. The van der Waals surface area contributed by atoms with Gasteiger partial charge in [0.1, 0.15) is 11.6 Å². The van der Waals surface area contributed by atoms with E-state index in [9.17, 15) is 0 Å². The molecule has 2 fully saturated rings. The van der Waals surface area contributed by atoms with Crippen LogP contribution in [0.25, 0.3) is 0 Å². The second-order valence-corrected chi connectivity index (χ2v) is 9.47. The first-order valence-corrected chi connectivity index (χ1v) is 12.4. The number of hydrogen-bond acceptors (Lipinski definition) is 11. The van der Waals surface area contributed by atoms with Crippen LogP contribution in [0.5, 0.6) is 0 Å². The third-order valence-corrected chi connectivity index (χ3v) is 5.73. The molecule has 200 valence electrons. The average Bonchev–Trinajstić information content (AvgIpc) is 3.74. The van der Waals surface area contributed by atoms with Crippen molar-refractivity contribution >= 4 is 52.6 Å². The Balaban J connectivity index is 0.000000237. The zero-order valence-corrected chi connectivity index (χ0v) is 28.0. The van der Waals surface area contributed by atoms with E-state index in [0.717, 1.165) is 23.0 Å². The van der Waals surface area contributed by atoms with Gasteiger partial charge in [0, 0.05) is 58.9 Å². The summed E-state index contributed by atoms with van der Waals surface area (Å²) < 4.78 is 0. The number of anilines is 4. The summed E-state index contributed by atoms with van der Waals surface area (Å²) in [5.41, 5.74) is 4.02. The van der Waals surface area contributed by atoms with E-state index in [1.807, 2.05) is 38.1 Å². The van der Waals surface area contributed by atoms with Crippen LogP contribution < -0.4 is 80.0 Å². The van der Waals surface area contributed by atoms with Gasteiger partial charge in [0.2, 0.25) is 10.6 Å². The first-order chi connectivity index (χ1) is 18.1. The van der Waals surface area contributed by atoms with Gasteiger partial charge in [-0.1, -0.05) is 0 Å². The van der Waals surface area contributed by atoms with Crippen molar-refractivity contribution in [3.8, 4) is 0 Å².